The fourth-order valence-electron chi connectivity index (χ4n) is 3.29. The van der Waals surface area contributed by atoms with Crippen molar-refractivity contribution in [2.45, 2.75) is 37.6 Å². The van der Waals surface area contributed by atoms with Gasteiger partial charge in [-0.05, 0) is 51.9 Å². The van der Waals surface area contributed by atoms with Crippen LogP contribution in [-0.2, 0) is 0 Å². The van der Waals surface area contributed by atoms with Crippen LogP contribution < -0.4 is 4.72 Å². The minimum absolute atomic E-state index is 0.298. The molecule has 1 fully saturated rings. The van der Waals surface area contributed by atoms with Gasteiger partial charge in [-0.15, -0.1) is 0 Å². The molecule has 25 heavy (non-hydrogen) atoms. The maximum atomic E-state index is 13.5. The van der Waals surface area contributed by atoms with Crippen molar-refractivity contribution in [1.29, 1.82) is 5.26 Å². The van der Waals surface area contributed by atoms with E-state index in [0.717, 1.165) is 31.4 Å². The molecule has 2 aromatic rings. The Hall–Kier alpha value is -1.88. The van der Waals surface area contributed by atoms with Gasteiger partial charge in [0, 0.05) is 29.7 Å². The van der Waals surface area contributed by atoms with E-state index >= 15 is 0 Å². The zero-order valence-corrected chi connectivity index (χ0v) is 15.2. The van der Waals surface area contributed by atoms with E-state index in [2.05, 4.69) is 21.0 Å². The third-order valence-corrected chi connectivity index (χ3v) is 5.35. The molecule has 1 heterocycles. The molecule has 0 radical (unpaired) electrons. The molecule has 0 aliphatic heterocycles. The highest BCUT2D eigenvalue weighted by atomic mass is 32.2. The standard InChI is InChI=1S/C18H22FN5S/c1-24(2)25-23-15-8-6-12(7-9-15)17-16(11-20)18(22-21-17)13-4-3-5-14(19)10-13/h3-5,10,12,15,23H,6-9H2,1-2H3,(H,21,22). The largest absolute Gasteiger partial charge is 0.280 e. The van der Waals surface area contributed by atoms with Gasteiger partial charge in [-0.3, -0.25) is 5.10 Å². The fraction of sp³-hybridized carbons (Fsp3) is 0.444. The van der Waals surface area contributed by atoms with Gasteiger partial charge in [-0.25, -0.2) is 13.4 Å². The maximum absolute atomic E-state index is 13.5. The van der Waals surface area contributed by atoms with Gasteiger partial charge in [0.05, 0.1) is 5.69 Å². The molecule has 5 nitrogen and oxygen atoms in total. The van der Waals surface area contributed by atoms with Crippen LogP contribution in [0.5, 0.6) is 0 Å². The Morgan fingerprint density at radius 1 is 1.32 bits per heavy atom. The summed E-state index contributed by atoms with van der Waals surface area (Å²) in [7, 11) is 4.03. The van der Waals surface area contributed by atoms with Crippen molar-refractivity contribution in [3.63, 3.8) is 0 Å². The topological polar surface area (TPSA) is 67.7 Å². The minimum atomic E-state index is -0.323. The predicted octanol–water partition coefficient (Wildman–Crippen LogP) is 3.83. The van der Waals surface area contributed by atoms with Crippen LogP contribution in [0.25, 0.3) is 11.3 Å². The molecule has 1 saturated carbocycles. The van der Waals surface area contributed by atoms with Crippen molar-refractivity contribution in [2.75, 3.05) is 14.1 Å². The summed E-state index contributed by atoms with van der Waals surface area (Å²) < 4.78 is 19.0. The molecule has 0 unspecified atom stereocenters. The average Bonchev–Trinajstić information content (AvgIpc) is 3.04. The summed E-state index contributed by atoms with van der Waals surface area (Å²) in [5, 5.41) is 17.0. The van der Waals surface area contributed by atoms with E-state index in [4.69, 9.17) is 0 Å². The number of H-pyrrole nitrogens is 1. The summed E-state index contributed by atoms with van der Waals surface area (Å²) in [5.41, 5.74) is 2.61. The average molecular weight is 359 g/mol. The van der Waals surface area contributed by atoms with Crippen LogP contribution in [0.1, 0.15) is 42.9 Å². The molecule has 1 aromatic carbocycles. The van der Waals surface area contributed by atoms with Crippen molar-refractivity contribution in [1.82, 2.24) is 19.2 Å². The number of nitriles is 1. The third-order valence-electron chi connectivity index (χ3n) is 4.54. The van der Waals surface area contributed by atoms with E-state index in [1.807, 2.05) is 18.4 Å². The zero-order valence-electron chi connectivity index (χ0n) is 14.4. The second kappa shape index (κ2) is 8.00. The van der Waals surface area contributed by atoms with E-state index in [0.29, 0.717) is 28.8 Å². The Morgan fingerprint density at radius 2 is 2.08 bits per heavy atom. The first-order valence-electron chi connectivity index (χ1n) is 8.42. The molecule has 0 amide bonds. The summed E-state index contributed by atoms with van der Waals surface area (Å²) >= 11 is 1.62. The quantitative estimate of drug-likeness (QED) is 0.794. The van der Waals surface area contributed by atoms with E-state index < -0.39 is 0 Å². The van der Waals surface area contributed by atoms with Gasteiger partial charge in [-0.2, -0.15) is 10.4 Å². The number of aromatic amines is 1. The molecule has 1 aliphatic carbocycles. The van der Waals surface area contributed by atoms with Crippen LogP contribution in [0.2, 0.25) is 0 Å². The molecule has 0 bridgehead atoms. The smallest absolute Gasteiger partial charge is 0.123 e. The Bertz CT molecular complexity index is 759. The number of hydrogen-bond acceptors (Lipinski definition) is 5. The van der Waals surface area contributed by atoms with Crippen molar-refractivity contribution in [2.24, 2.45) is 0 Å². The van der Waals surface area contributed by atoms with Crippen molar-refractivity contribution in [3.05, 3.63) is 41.3 Å². The zero-order chi connectivity index (χ0) is 17.8. The minimum Gasteiger partial charge on any atom is -0.280 e. The lowest BCUT2D eigenvalue weighted by atomic mass is 9.83. The first-order valence-corrected chi connectivity index (χ1v) is 9.20. The molecule has 2 N–H and O–H groups in total. The van der Waals surface area contributed by atoms with E-state index in [9.17, 15) is 9.65 Å². The first-order chi connectivity index (χ1) is 12.1. The summed E-state index contributed by atoms with van der Waals surface area (Å²) in [5.74, 6) is -0.0252. The molecule has 0 spiro atoms. The highest BCUT2D eigenvalue weighted by Crippen LogP contribution is 2.36. The van der Waals surface area contributed by atoms with Crippen molar-refractivity contribution < 1.29 is 4.39 Å². The molecule has 7 heteroatoms. The van der Waals surface area contributed by atoms with Crippen LogP contribution in [0.3, 0.4) is 0 Å². The second-order valence-electron chi connectivity index (χ2n) is 6.55. The highest BCUT2D eigenvalue weighted by Gasteiger charge is 2.27. The molecule has 0 saturated heterocycles. The third kappa shape index (κ3) is 4.21. The van der Waals surface area contributed by atoms with Crippen LogP contribution in [0.4, 0.5) is 4.39 Å². The summed E-state index contributed by atoms with van der Waals surface area (Å²) in [6, 6.07) is 8.98. The van der Waals surface area contributed by atoms with Crippen molar-refractivity contribution >= 4 is 12.1 Å². The van der Waals surface area contributed by atoms with Crippen molar-refractivity contribution in [3.8, 4) is 17.3 Å². The Labute approximate surface area is 151 Å². The highest BCUT2D eigenvalue weighted by molar-refractivity contribution is 7.95. The Morgan fingerprint density at radius 3 is 2.72 bits per heavy atom. The Kier molecular flexibility index (Phi) is 5.74. The molecular formula is C18H22FN5S. The Balaban J connectivity index is 1.73. The number of halogens is 1. The first kappa shape index (κ1) is 17.9. The fourth-order valence-corrected chi connectivity index (χ4v) is 3.88. The molecule has 132 valence electrons. The summed E-state index contributed by atoms with van der Waals surface area (Å²) in [6.45, 7) is 0. The monoisotopic (exact) mass is 359 g/mol. The van der Waals surface area contributed by atoms with Gasteiger partial charge in [0.15, 0.2) is 0 Å². The molecule has 1 aliphatic rings. The van der Waals surface area contributed by atoms with Crippen LogP contribution in [-0.4, -0.2) is 34.6 Å². The van der Waals surface area contributed by atoms with Crippen LogP contribution in [0, 0.1) is 17.1 Å². The summed E-state index contributed by atoms with van der Waals surface area (Å²) in [6.07, 6.45) is 4.13. The number of nitrogens with zero attached hydrogens (tertiary/aromatic N) is 3. The van der Waals surface area contributed by atoms with Gasteiger partial charge in [-0.1, -0.05) is 12.1 Å². The lowest BCUT2D eigenvalue weighted by Gasteiger charge is -2.29. The number of benzene rings is 1. The van der Waals surface area contributed by atoms with Gasteiger partial charge >= 0.3 is 0 Å². The van der Waals surface area contributed by atoms with E-state index in [1.54, 1.807) is 24.3 Å². The molecule has 0 atom stereocenters. The molecular weight excluding hydrogens is 337 g/mol. The van der Waals surface area contributed by atoms with Crippen LogP contribution in [0.15, 0.2) is 24.3 Å². The maximum Gasteiger partial charge on any atom is 0.123 e. The van der Waals surface area contributed by atoms with Gasteiger partial charge in [0.25, 0.3) is 0 Å². The normalized spacial score (nSPS) is 20.6. The SMILES string of the molecule is CN(C)SNC1CCC(c2[nH]nc(-c3cccc(F)c3)c2C#N)CC1. The number of aromatic nitrogens is 2. The van der Waals surface area contributed by atoms with E-state index in [1.165, 1.54) is 12.1 Å². The number of nitrogens with one attached hydrogen (secondary N) is 2. The van der Waals surface area contributed by atoms with Gasteiger partial charge < -0.3 is 0 Å². The molecule has 1 aromatic heterocycles. The molecule has 3 rings (SSSR count). The van der Waals surface area contributed by atoms with Gasteiger partial charge in [0.1, 0.15) is 23.1 Å². The predicted molar refractivity (Wildman–Crippen MR) is 98.1 cm³/mol. The lowest BCUT2D eigenvalue weighted by Crippen LogP contribution is -2.30. The van der Waals surface area contributed by atoms with Crippen LogP contribution >= 0.6 is 12.1 Å². The number of hydrogen-bond donors (Lipinski definition) is 2. The lowest BCUT2D eigenvalue weighted by molar-refractivity contribution is 0.374. The van der Waals surface area contributed by atoms with E-state index in [-0.39, 0.29) is 5.82 Å². The second-order valence-corrected chi connectivity index (χ2v) is 7.70. The number of rotatable bonds is 5. The summed E-state index contributed by atoms with van der Waals surface area (Å²) in [4.78, 5) is 0. The van der Waals surface area contributed by atoms with Gasteiger partial charge in [0.2, 0.25) is 0 Å².